The van der Waals surface area contributed by atoms with E-state index in [2.05, 4.69) is 29.7 Å². The second kappa shape index (κ2) is 10.3. The Labute approximate surface area is 171 Å². The van der Waals surface area contributed by atoms with Crippen molar-refractivity contribution in [3.63, 3.8) is 0 Å². The van der Waals surface area contributed by atoms with Crippen LogP contribution in [0.4, 0.5) is 5.69 Å². The number of para-hydroxylation sites is 1. The summed E-state index contributed by atoms with van der Waals surface area (Å²) in [6.07, 6.45) is 0.0620. The van der Waals surface area contributed by atoms with E-state index < -0.39 is 5.91 Å². The fourth-order valence-electron chi connectivity index (χ4n) is 2.77. The predicted molar refractivity (Wildman–Crippen MR) is 114 cm³/mol. The summed E-state index contributed by atoms with van der Waals surface area (Å²) in [6.45, 7) is 5.82. The van der Waals surface area contributed by atoms with Crippen molar-refractivity contribution in [1.29, 1.82) is 0 Å². The Hall–Kier alpha value is -3.35. The summed E-state index contributed by atoms with van der Waals surface area (Å²) in [6, 6.07) is 12.6. The average molecular weight is 397 g/mol. The highest BCUT2D eigenvalue weighted by Gasteiger charge is 2.14. The highest BCUT2D eigenvalue weighted by molar-refractivity contribution is 6.06. The van der Waals surface area contributed by atoms with Gasteiger partial charge in [-0.1, -0.05) is 32.0 Å². The van der Waals surface area contributed by atoms with E-state index >= 15 is 0 Å². The summed E-state index contributed by atoms with van der Waals surface area (Å²) in [4.78, 5) is 24.7. The number of amides is 2. The monoisotopic (exact) mass is 397 g/mol. The van der Waals surface area contributed by atoms with Crippen LogP contribution in [-0.4, -0.2) is 31.7 Å². The molecule has 0 aliphatic heterocycles. The van der Waals surface area contributed by atoms with Crippen LogP contribution in [0.2, 0.25) is 0 Å². The van der Waals surface area contributed by atoms with Crippen LogP contribution >= 0.6 is 0 Å². The number of hydrogen-bond donors (Lipinski definition) is 2. The van der Waals surface area contributed by atoms with Crippen molar-refractivity contribution >= 4 is 23.2 Å². The fourth-order valence-corrected chi connectivity index (χ4v) is 2.77. The Kier molecular flexibility index (Phi) is 7.77. The van der Waals surface area contributed by atoms with Gasteiger partial charge in [-0.3, -0.25) is 9.59 Å². The van der Waals surface area contributed by atoms with Gasteiger partial charge in [0.1, 0.15) is 11.5 Å². The first-order valence-electron chi connectivity index (χ1n) is 9.30. The third kappa shape index (κ3) is 6.07. The number of nitrogens with one attached hydrogen (secondary N) is 2. The van der Waals surface area contributed by atoms with Gasteiger partial charge in [-0.15, -0.1) is 0 Å². The van der Waals surface area contributed by atoms with Crippen LogP contribution in [0.25, 0.3) is 0 Å². The van der Waals surface area contributed by atoms with Crippen molar-refractivity contribution in [2.24, 2.45) is 5.10 Å². The maximum absolute atomic E-state index is 12.4. The quantitative estimate of drug-likeness (QED) is 0.521. The number of rotatable bonds is 8. The minimum absolute atomic E-state index is 0.0620. The molecule has 0 saturated carbocycles. The Balaban J connectivity index is 2.00. The maximum Gasteiger partial charge on any atom is 0.275 e. The SMILES string of the molecule is COc1ccc(C(=O)N/N=C(/C)CC(=O)Nc2ccccc2C(C)C)c(OC)c1. The largest absolute Gasteiger partial charge is 0.497 e. The van der Waals surface area contributed by atoms with E-state index in [0.29, 0.717) is 28.7 Å². The molecule has 2 rings (SSSR count). The molecule has 2 aromatic rings. The van der Waals surface area contributed by atoms with Gasteiger partial charge < -0.3 is 14.8 Å². The van der Waals surface area contributed by atoms with Gasteiger partial charge in [0.15, 0.2) is 0 Å². The number of carbonyl (C=O) groups is 2. The van der Waals surface area contributed by atoms with E-state index in [9.17, 15) is 9.59 Å². The minimum atomic E-state index is -0.436. The minimum Gasteiger partial charge on any atom is -0.497 e. The highest BCUT2D eigenvalue weighted by atomic mass is 16.5. The Bertz CT molecular complexity index is 907. The summed E-state index contributed by atoms with van der Waals surface area (Å²) in [5.41, 5.74) is 5.10. The maximum atomic E-state index is 12.4. The molecule has 0 aliphatic rings. The third-order valence-corrected chi connectivity index (χ3v) is 4.27. The van der Waals surface area contributed by atoms with Gasteiger partial charge >= 0.3 is 0 Å². The van der Waals surface area contributed by atoms with Crippen molar-refractivity contribution in [3.8, 4) is 11.5 Å². The molecule has 29 heavy (non-hydrogen) atoms. The van der Waals surface area contributed by atoms with Gasteiger partial charge in [-0.2, -0.15) is 5.10 Å². The Morgan fingerprint density at radius 3 is 2.45 bits per heavy atom. The standard InChI is InChI=1S/C22H27N3O4/c1-14(2)17-8-6-7-9-19(17)23-21(26)12-15(3)24-25-22(27)18-11-10-16(28-4)13-20(18)29-5/h6-11,13-14H,12H2,1-5H3,(H,23,26)(H,25,27)/b24-15-. The molecule has 0 fully saturated rings. The van der Waals surface area contributed by atoms with Crippen molar-refractivity contribution < 1.29 is 19.1 Å². The molecule has 0 heterocycles. The molecule has 0 aliphatic carbocycles. The first kappa shape index (κ1) is 21.9. The molecule has 0 aromatic heterocycles. The van der Waals surface area contributed by atoms with Gasteiger partial charge in [0.05, 0.1) is 26.2 Å². The molecule has 0 saturated heterocycles. The molecule has 2 N–H and O–H groups in total. The summed E-state index contributed by atoms with van der Waals surface area (Å²) in [7, 11) is 3.01. The molecule has 2 amide bonds. The highest BCUT2D eigenvalue weighted by Crippen LogP contribution is 2.25. The van der Waals surface area contributed by atoms with Gasteiger partial charge in [-0.05, 0) is 36.6 Å². The molecule has 0 atom stereocenters. The number of ether oxygens (including phenoxy) is 2. The lowest BCUT2D eigenvalue weighted by Gasteiger charge is -2.13. The van der Waals surface area contributed by atoms with Crippen molar-refractivity contribution in [2.45, 2.75) is 33.1 Å². The van der Waals surface area contributed by atoms with Crippen LogP contribution in [0.3, 0.4) is 0 Å². The first-order chi connectivity index (χ1) is 13.8. The van der Waals surface area contributed by atoms with Crippen molar-refractivity contribution in [3.05, 3.63) is 53.6 Å². The lowest BCUT2D eigenvalue weighted by atomic mass is 10.0. The topological polar surface area (TPSA) is 89.0 Å². The van der Waals surface area contributed by atoms with Gasteiger partial charge in [-0.25, -0.2) is 5.43 Å². The summed E-state index contributed by atoms with van der Waals surface area (Å²) in [5, 5.41) is 6.93. The van der Waals surface area contributed by atoms with Gasteiger partial charge in [0.25, 0.3) is 5.91 Å². The second-order valence-electron chi connectivity index (χ2n) is 6.82. The van der Waals surface area contributed by atoms with Gasteiger partial charge in [0, 0.05) is 17.5 Å². The summed E-state index contributed by atoms with van der Waals surface area (Å²) < 4.78 is 10.3. The summed E-state index contributed by atoms with van der Waals surface area (Å²) >= 11 is 0. The molecule has 7 heteroatoms. The van der Waals surface area contributed by atoms with Crippen molar-refractivity contribution in [1.82, 2.24) is 5.43 Å². The summed E-state index contributed by atoms with van der Waals surface area (Å²) in [5.74, 6) is 0.610. The zero-order chi connectivity index (χ0) is 21.4. The lowest BCUT2D eigenvalue weighted by molar-refractivity contribution is -0.115. The molecule has 0 unspecified atom stereocenters. The normalized spacial score (nSPS) is 11.2. The van der Waals surface area contributed by atoms with Crippen LogP contribution in [-0.2, 0) is 4.79 Å². The van der Waals surface area contributed by atoms with Crippen molar-refractivity contribution in [2.75, 3.05) is 19.5 Å². The van der Waals surface area contributed by atoms with E-state index in [1.165, 1.54) is 14.2 Å². The van der Waals surface area contributed by atoms with E-state index in [4.69, 9.17) is 9.47 Å². The smallest absolute Gasteiger partial charge is 0.275 e. The van der Waals surface area contributed by atoms with E-state index in [1.807, 2.05) is 24.3 Å². The van der Waals surface area contributed by atoms with E-state index in [0.717, 1.165) is 11.3 Å². The molecule has 2 aromatic carbocycles. The molecule has 0 radical (unpaired) electrons. The first-order valence-corrected chi connectivity index (χ1v) is 9.30. The number of methoxy groups -OCH3 is 2. The van der Waals surface area contributed by atoms with Crippen LogP contribution in [0.5, 0.6) is 11.5 Å². The van der Waals surface area contributed by atoms with Crippen LogP contribution in [0, 0.1) is 0 Å². The fraction of sp³-hybridized carbons (Fsp3) is 0.318. The zero-order valence-corrected chi connectivity index (χ0v) is 17.4. The molecule has 7 nitrogen and oxygen atoms in total. The predicted octanol–water partition coefficient (Wildman–Crippen LogP) is 3.96. The molecule has 0 bridgehead atoms. The molecule has 154 valence electrons. The third-order valence-electron chi connectivity index (χ3n) is 4.27. The lowest BCUT2D eigenvalue weighted by Crippen LogP contribution is -2.22. The number of carbonyl (C=O) groups excluding carboxylic acids is 2. The molecular formula is C22H27N3O4. The number of anilines is 1. The number of benzene rings is 2. The van der Waals surface area contributed by atoms with Crippen LogP contribution in [0.15, 0.2) is 47.6 Å². The Morgan fingerprint density at radius 1 is 1.07 bits per heavy atom. The number of hydrazone groups is 1. The van der Waals surface area contributed by atoms with Crippen LogP contribution in [0.1, 0.15) is 49.0 Å². The average Bonchev–Trinajstić information content (AvgIpc) is 2.71. The van der Waals surface area contributed by atoms with E-state index in [1.54, 1.807) is 25.1 Å². The van der Waals surface area contributed by atoms with Gasteiger partial charge in [0.2, 0.25) is 5.91 Å². The molecule has 0 spiro atoms. The van der Waals surface area contributed by atoms with E-state index in [-0.39, 0.29) is 12.3 Å². The Morgan fingerprint density at radius 2 is 1.79 bits per heavy atom. The number of nitrogens with zero attached hydrogens (tertiary/aromatic N) is 1. The number of hydrogen-bond acceptors (Lipinski definition) is 5. The van der Waals surface area contributed by atoms with Crippen LogP contribution < -0.4 is 20.2 Å². The second-order valence-corrected chi connectivity index (χ2v) is 6.82. The molecular weight excluding hydrogens is 370 g/mol. The zero-order valence-electron chi connectivity index (χ0n) is 17.4.